The maximum atomic E-state index is 4.24. The van der Waals surface area contributed by atoms with Crippen molar-refractivity contribution >= 4 is 10.9 Å². The summed E-state index contributed by atoms with van der Waals surface area (Å²) in [6, 6.07) is 12.5. The van der Waals surface area contributed by atoms with Crippen LogP contribution >= 0.6 is 0 Å². The van der Waals surface area contributed by atoms with Crippen LogP contribution in [-0.4, -0.2) is 9.97 Å². The van der Waals surface area contributed by atoms with E-state index in [2.05, 4.69) is 47.2 Å². The van der Waals surface area contributed by atoms with Crippen LogP contribution in [0.2, 0.25) is 0 Å². The van der Waals surface area contributed by atoms with E-state index in [0.29, 0.717) is 0 Å². The van der Waals surface area contributed by atoms with Crippen LogP contribution in [0.3, 0.4) is 0 Å². The quantitative estimate of drug-likeness (QED) is 0.665. The van der Waals surface area contributed by atoms with E-state index in [1.54, 1.807) is 0 Å². The van der Waals surface area contributed by atoms with Crippen LogP contribution < -0.4 is 0 Å². The Morgan fingerprint density at radius 1 is 1.06 bits per heavy atom. The first-order chi connectivity index (χ1) is 8.25. The summed E-state index contributed by atoms with van der Waals surface area (Å²) in [7, 11) is 0. The lowest BCUT2D eigenvalue weighted by molar-refractivity contribution is 1.20. The minimum absolute atomic E-state index is 1.04. The number of nitrogens with zero attached hydrogens (tertiary/aromatic N) is 1. The maximum Gasteiger partial charge on any atom is 0.0495 e. The molecule has 1 aromatic carbocycles. The molecule has 0 aliphatic rings. The van der Waals surface area contributed by atoms with Crippen molar-refractivity contribution in [2.75, 3.05) is 0 Å². The zero-order chi connectivity index (χ0) is 11.8. The molecule has 0 atom stereocenters. The second-order valence-corrected chi connectivity index (χ2v) is 4.36. The van der Waals surface area contributed by atoms with Gasteiger partial charge in [0.15, 0.2) is 0 Å². The van der Waals surface area contributed by atoms with Crippen LogP contribution in [0.5, 0.6) is 0 Å². The molecule has 0 radical (unpaired) electrons. The number of hydrogen-bond donors (Lipinski definition) is 1. The Kier molecular flexibility index (Phi) is 2.22. The number of nitrogens with one attached hydrogen (secondary N) is 1. The number of aryl methyl sites for hydroxylation is 2. The van der Waals surface area contributed by atoms with Gasteiger partial charge >= 0.3 is 0 Å². The van der Waals surface area contributed by atoms with E-state index >= 15 is 0 Å². The van der Waals surface area contributed by atoms with E-state index < -0.39 is 0 Å². The molecule has 0 bridgehead atoms. The number of H-pyrrole nitrogens is 1. The molecule has 2 heteroatoms. The number of aromatic amines is 1. The first kappa shape index (κ1) is 10.1. The van der Waals surface area contributed by atoms with Gasteiger partial charge in [0.25, 0.3) is 0 Å². The second-order valence-electron chi connectivity index (χ2n) is 4.36. The van der Waals surface area contributed by atoms with Gasteiger partial charge in [0.1, 0.15) is 0 Å². The third-order valence-electron chi connectivity index (χ3n) is 3.15. The zero-order valence-corrected chi connectivity index (χ0v) is 9.99. The molecule has 1 N–H and O–H groups in total. The summed E-state index contributed by atoms with van der Waals surface area (Å²) in [6.45, 7) is 4.17. The lowest BCUT2D eigenvalue weighted by Gasteiger charge is -2.01. The van der Waals surface area contributed by atoms with Crippen molar-refractivity contribution < 1.29 is 0 Å². The highest BCUT2D eigenvalue weighted by molar-refractivity contribution is 5.90. The molecule has 17 heavy (non-hydrogen) atoms. The van der Waals surface area contributed by atoms with Crippen molar-refractivity contribution in [1.29, 1.82) is 0 Å². The van der Waals surface area contributed by atoms with Gasteiger partial charge < -0.3 is 4.98 Å². The Balaban J connectivity index is 2.27. The molecule has 0 aliphatic heterocycles. The molecule has 0 aliphatic carbocycles. The molecule has 0 amide bonds. The highest BCUT2D eigenvalue weighted by atomic mass is 14.7. The normalized spacial score (nSPS) is 10.9. The number of aromatic nitrogens is 2. The predicted octanol–water partition coefficient (Wildman–Crippen LogP) is 3.85. The van der Waals surface area contributed by atoms with Crippen LogP contribution in [0, 0.1) is 13.8 Å². The van der Waals surface area contributed by atoms with Crippen LogP contribution in [0.25, 0.3) is 22.2 Å². The molecule has 2 aromatic heterocycles. The van der Waals surface area contributed by atoms with Crippen molar-refractivity contribution in [3.8, 4) is 11.3 Å². The lowest BCUT2D eigenvalue weighted by Crippen LogP contribution is -1.84. The van der Waals surface area contributed by atoms with Crippen molar-refractivity contribution in [2.45, 2.75) is 13.8 Å². The topological polar surface area (TPSA) is 28.7 Å². The highest BCUT2D eigenvalue weighted by Crippen LogP contribution is 2.29. The van der Waals surface area contributed by atoms with Crippen LogP contribution in [0.1, 0.15) is 11.3 Å². The number of rotatable bonds is 1. The van der Waals surface area contributed by atoms with Gasteiger partial charge in [-0.25, -0.2) is 0 Å². The molecule has 84 valence electrons. The largest absolute Gasteiger partial charge is 0.354 e. The van der Waals surface area contributed by atoms with Gasteiger partial charge in [-0.05, 0) is 37.6 Å². The van der Waals surface area contributed by atoms with Gasteiger partial charge in [-0.15, -0.1) is 0 Å². The Morgan fingerprint density at radius 2 is 1.88 bits per heavy atom. The minimum atomic E-state index is 1.04. The second kappa shape index (κ2) is 3.74. The molecule has 3 aromatic rings. The van der Waals surface area contributed by atoms with E-state index in [0.717, 1.165) is 5.69 Å². The fraction of sp³-hybridized carbons (Fsp3) is 0.133. The summed E-state index contributed by atoms with van der Waals surface area (Å²) in [5.74, 6) is 0. The molecule has 0 saturated carbocycles. The fourth-order valence-corrected chi connectivity index (χ4v) is 2.27. The molecule has 2 nitrogen and oxygen atoms in total. The number of hydrogen-bond acceptors (Lipinski definition) is 1. The zero-order valence-electron chi connectivity index (χ0n) is 9.99. The molecule has 2 heterocycles. The summed E-state index contributed by atoms with van der Waals surface area (Å²) >= 11 is 0. The SMILES string of the molecule is Cc1cc(-c2[nH]c3ccccc3c2C)ccn1. The minimum Gasteiger partial charge on any atom is -0.354 e. The first-order valence-corrected chi connectivity index (χ1v) is 5.76. The summed E-state index contributed by atoms with van der Waals surface area (Å²) in [5.41, 5.74) is 5.92. The molecule has 0 unspecified atom stereocenters. The third-order valence-corrected chi connectivity index (χ3v) is 3.15. The monoisotopic (exact) mass is 222 g/mol. The van der Waals surface area contributed by atoms with E-state index in [-0.39, 0.29) is 0 Å². The molecule has 0 saturated heterocycles. The Bertz CT molecular complexity index is 680. The van der Waals surface area contributed by atoms with Crippen LogP contribution in [0.15, 0.2) is 42.6 Å². The lowest BCUT2D eigenvalue weighted by atomic mass is 10.1. The van der Waals surface area contributed by atoms with E-state index in [9.17, 15) is 0 Å². The van der Waals surface area contributed by atoms with Gasteiger partial charge in [0.2, 0.25) is 0 Å². The summed E-state index contributed by atoms with van der Waals surface area (Å²) in [6.07, 6.45) is 1.86. The predicted molar refractivity (Wildman–Crippen MR) is 71.0 cm³/mol. The van der Waals surface area contributed by atoms with Gasteiger partial charge in [-0.1, -0.05) is 18.2 Å². The van der Waals surface area contributed by atoms with Gasteiger partial charge in [0.05, 0.1) is 0 Å². The fourth-order valence-electron chi connectivity index (χ4n) is 2.27. The third kappa shape index (κ3) is 1.62. The van der Waals surface area contributed by atoms with E-state index in [4.69, 9.17) is 0 Å². The molecule has 0 fully saturated rings. The smallest absolute Gasteiger partial charge is 0.0495 e. The van der Waals surface area contributed by atoms with Crippen molar-refractivity contribution in [3.63, 3.8) is 0 Å². The average molecular weight is 222 g/mol. The van der Waals surface area contributed by atoms with Gasteiger partial charge in [-0.2, -0.15) is 0 Å². The number of para-hydroxylation sites is 1. The Hall–Kier alpha value is -2.09. The average Bonchev–Trinajstić information content (AvgIpc) is 2.68. The first-order valence-electron chi connectivity index (χ1n) is 5.76. The Morgan fingerprint density at radius 3 is 2.65 bits per heavy atom. The summed E-state index contributed by atoms with van der Waals surface area (Å²) in [4.78, 5) is 7.71. The van der Waals surface area contributed by atoms with Crippen molar-refractivity contribution in [2.24, 2.45) is 0 Å². The van der Waals surface area contributed by atoms with Crippen molar-refractivity contribution in [1.82, 2.24) is 9.97 Å². The van der Waals surface area contributed by atoms with Crippen LogP contribution in [0.4, 0.5) is 0 Å². The standard InChI is InChI=1S/C15H14N2/c1-10-9-12(7-8-16-10)15-11(2)13-5-3-4-6-14(13)17-15/h3-9,17H,1-2H3. The number of benzene rings is 1. The van der Waals surface area contributed by atoms with Crippen molar-refractivity contribution in [3.05, 3.63) is 53.9 Å². The molecular weight excluding hydrogens is 208 g/mol. The van der Waals surface area contributed by atoms with Gasteiger partial charge in [0, 0.05) is 34.1 Å². The Labute approximate surface area is 100 Å². The summed E-state index contributed by atoms with van der Waals surface area (Å²) < 4.78 is 0. The van der Waals surface area contributed by atoms with Crippen LogP contribution in [-0.2, 0) is 0 Å². The van der Waals surface area contributed by atoms with E-state index in [1.807, 2.05) is 19.2 Å². The molecule has 0 spiro atoms. The highest BCUT2D eigenvalue weighted by Gasteiger charge is 2.08. The number of pyridine rings is 1. The maximum absolute atomic E-state index is 4.24. The van der Waals surface area contributed by atoms with Gasteiger partial charge in [-0.3, -0.25) is 4.98 Å². The molecule has 3 rings (SSSR count). The van der Waals surface area contributed by atoms with E-state index in [1.165, 1.54) is 27.7 Å². The summed E-state index contributed by atoms with van der Waals surface area (Å²) in [5, 5.41) is 1.29. The number of fused-ring (bicyclic) bond motifs is 1. The molecular formula is C15H14N2.